The van der Waals surface area contributed by atoms with E-state index in [1.54, 1.807) is 30.2 Å². The fourth-order valence-corrected chi connectivity index (χ4v) is 5.04. The zero-order valence-electron chi connectivity index (χ0n) is 19.2. The van der Waals surface area contributed by atoms with Crippen molar-refractivity contribution in [3.8, 4) is 5.75 Å². The van der Waals surface area contributed by atoms with Gasteiger partial charge in [-0.15, -0.1) is 0 Å². The van der Waals surface area contributed by atoms with Crippen molar-refractivity contribution in [3.63, 3.8) is 0 Å². The summed E-state index contributed by atoms with van der Waals surface area (Å²) in [4.78, 5) is 34.9. The second-order valence-electron chi connectivity index (χ2n) is 9.01. The second-order valence-corrected chi connectivity index (χ2v) is 9.01. The van der Waals surface area contributed by atoms with E-state index in [-0.39, 0.29) is 18.2 Å². The summed E-state index contributed by atoms with van der Waals surface area (Å²) >= 11 is 0. The van der Waals surface area contributed by atoms with Gasteiger partial charge in [0.1, 0.15) is 22.8 Å². The molecule has 6 rings (SSSR count). The second kappa shape index (κ2) is 8.22. The molecule has 2 aromatic heterocycles. The monoisotopic (exact) mass is 478 g/mol. The molecule has 4 N–H and O–H groups in total. The van der Waals surface area contributed by atoms with Crippen LogP contribution in [-0.4, -0.2) is 73.0 Å². The zero-order chi connectivity index (χ0) is 24.2. The molecule has 3 aliphatic rings. The van der Waals surface area contributed by atoms with Crippen molar-refractivity contribution in [1.82, 2.24) is 25.8 Å². The first-order valence-electron chi connectivity index (χ1n) is 11.6. The van der Waals surface area contributed by atoms with Gasteiger partial charge in [-0.05, 0) is 29.8 Å². The van der Waals surface area contributed by atoms with Gasteiger partial charge in [0.25, 0.3) is 11.8 Å². The fraction of sp³-hybridized carbons (Fsp3) is 0.375. The van der Waals surface area contributed by atoms with Gasteiger partial charge in [0, 0.05) is 44.4 Å². The van der Waals surface area contributed by atoms with Crippen LogP contribution in [0.5, 0.6) is 5.75 Å². The summed E-state index contributed by atoms with van der Waals surface area (Å²) in [5, 5.41) is 19.0. The van der Waals surface area contributed by atoms with Gasteiger partial charge in [-0.3, -0.25) is 14.9 Å². The number of carbonyl (C=O) groups is 2. The topological polar surface area (TPSA) is 132 Å². The Morgan fingerprint density at radius 1 is 1.20 bits per heavy atom. The van der Waals surface area contributed by atoms with Crippen LogP contribution >= 0.6 is 0 Å². The number of aromatic nitrogens is 1. The van der Waals surface area contributed by atoms with E-state index in [1.807, 2.05) is 18.2 Å². The molecule has 0 bridgehead atoms. The number of carbonyl (C=O) groups excluding carboxylic acids is 2. The smallest absolute Gasteiger partial charge is 0.254 e. The number of furan rings is 1. The first kappa shape index (κ1) is 21.8. The van der Waals surface area contributed by atoms with E-state index in [1.165, 1.54) is 0 Å². The van der Waals surface area contributed by atoms with Crippen molar-refractivity contribution in [2.45, 2.75) is 18.4 Å². The summed E-state index contributed by atoms with van der Waals surface area (Å²) in [6.07, 6.45) is -1.28. The van der Waals surface area contributed by atoms with Crippen molar-refractivity contribution < 1.29 is 23.8 Å². The minimum absolute atomic E-state index is 0.0316. The molecule has 11 nitrogen and oxygen atoms in total. The highest BCUT2D eigenvalue weighted by Crippen LogP contribution is 2.35. The Kier molecular flexibility index (Phi) is 5.13. The third-order valence-electron chi connectivity index (χ3n) is 6.88. The molecule has 5 heterocycles. The van der Waals surface area contributed by atoms with Crippen LogP contribution in [0.15, 0.2) is 40.8 Å². The van der Waals surface area contributed by atoms with Gasteiger partial charge in [0.2, 0.25) is 0 Å². The molecule has 0 aliphatic carbocycles. The van der Waals surface area contributed by atoms with Crippen LogP contribution in [0.3, 0.4) is 0 Å². The van der Waals surface area contributed by atoms with Crippen LogP contribution in [0.2, 0.25) is 0 Å². The van der Waals surface area contributed by atoms with Crippen molar-refractivity contribution in [2.75, 3.05) is 44.7 Å². The van der Waals surface area contributed by atoms with Crippen LogP contribution in [0, 0.1) is 0 Å². The number of piperazine rings is 1. The summed E-state index contributed by atoms with van der Waals surface area (Å²) in [6.45, 7) is 3.78. The number of hydrogen-bond acceptors (Lipinski definition) is 9. The molecule has 11 heteroatoms. The third-order valence-corrected chi connectivity index (χ3v) is 6.88. The van der Waals surface area contributed by atoms with Crippen molar-refractivity contribution in [2.24, 2.45) is 0 Å². The van der Waals surface area contributed by atoms with E-state index in [9.17, 15) is 14.7 Å². The molecule has 0 saturated carbocycles. The lowest BCUT2D eigenvalue weighted by molar-refractivity contribution is -0.125. The minimum Gasteiger partial charge on any atom is -0.497 e. The van der Waals surface area contributed by atoms with Gasteiger partial charge in [0.15, 0.2) is 17.5 Å². The number of aliphatic hydroxyl groups is 1. The first-order chi connectivity index (χ1) is 17.0. The van der Waals surface area contributed by atoms with E-state index in [4.69, 9.17) is 14.1 Å². The number of pyridine rings is 1. The molecule has 1 aromatic carbocycles. The molecule has 2 amide bonds. The van der Waals surface area contributed by atoms with E-state index >= 15 is 0 Å². The molecule has 2 atom stereocenters. The van der Waals surface area contributed by atoms with Gasteiger partial charge in [0.05, 0.1) is 13.7 Å². The highest BCUT2D eigenvalue weighted by Gasteiger charge is 2.52. The van der Waals surface area contributed by atoms with Crippen molar-refractivity contribution in [3.05, 3.63) is 53.3 Å². The number of anilines is 1. The van der Waals surface area contributed by atoms with Gasteiger partial charge >= 0.3 is 0 Å². The molecule has 182 valence electrons. The number of nitrogens with one attached hydrogen (secondary N) is 3. The Morgan fingerprint density at radius 2 is 2.03 bits per heavy atom. The van der Waals surface area contributed by atoms with Gasteiger partial charge in [-0.25, -0.2) is 4.98 Å². The highest BCUT2D eigenvalue weighted by atomic mass is 16.5. The summed E-state index contributed by atoms with van der Waals surface area (Å²) in [5.74, 6) is 1.01. The number of amides is 2. The molecular formula is C24H26N6O5. The quantitative estimate of drug-likeness (QED) is 0.403. The lowest BCUT2D eigenvalue weighted by Crippen LogP contribution is -2.53. The molecular weight excluding hydrogens is 452 g/mol. The normalized spacial score (nSPS) is 24.2. The van der Waals surface area contributed by atoms with Crippen molar-refractivity contribution in [1.29, 1.82) is 0 Å². The standard InChI is InChI=1S/C24H26N6O5/c1-34-15-3-2-14-12-30(21(31)16(14)10-15)13-24(22(32)27-23(33)28-24)19-11-17-18(35-19)4-5-20(26-17)29-8-6-25-7-9-29/h2-5,10-11,23,25,28,33H,6-9,12-13H2,1H3,(H,27,32). The maximum Gasteiger partial charge on any atom is 0.254 e. The molecule has 2 saturated heterocycles. The maximum atomic E-state index is 13.2. The number of benzene rings is 1. The van der Waals surface area contributed by atoms with E-state index in [0.29, 0.717) is 29.0 Å². The fourth-order valence-electron chi connectivity index (χ4n) is 5.04. The third kappa shape index (κ3) is 3.59. The SMILES string of the molecule is COc1ccc2c(c1)C(=O)N(CC1(c3cc4nc(N5CCNCC5)ccc4o3)NC(O)NC1=O)C2. The number of hydrogen-bond donors (Lipinski definition) is 4. The Labute approximate surface area is 201 Å². The average Bonchev–Trinajstić information content (AvgIpc) is 3.53. The highest BCUT2D eigenvalue weighted by molar-refractivity contribution is 6.00. The Morgan fingerprint density at radius 3 is 2.77 bits per heavy atom. The molecule has 3 aromatic rings. The molecule has 2 fully saturated rings. The predicted molar refractivity (Wildman–Crippen MR) is 126 cm³/mol. The Bertz CT molecular complexity index is 1320. The van der Waals surface area contributed by atoms with E-state index in [0.717, 1.165) is 37.6 Å². The lowest BCUT2D eigenvalue weighted by Gasteiger charge is -2.29. The van der Waals surface area contributed by atoms with E-state index < -0.39 is 17.8 Å². The Balaban J connectivity index is 1.34. The number of aliphatic hydroxyl groups excluding tert-OH is 1. The average molecular weight is 479 g/mol. The maximum absolute atomic E-state index is 13.2. The van der Waals surface area contributed by atoms with Crippen LogP contribution in [0.4, 0.5) is 5.82 Å². The number of methoxy groups -OCH3 is 1. The molecule has 0 radical (unpaired) electrons. The van der Waals surface area contributed by atoms with Crippen molar-refractivity contribution >= 4 is 28.7 Å². The lowest BCUT2D eigenvalue weighted by atomic mass is 9.95. The van der Waals surface area contributed by atoms with Gasteiger partial charge < -0.3 is 34.7 Å². The number of ether oxygens (including phenoxy) is 1. The van der Waals surface area contributed by atoms with Crippen LogP contribution in [0.25, 0.3) is 11.1 Å². The summed E-state index contributed by atoms with van der Waals surface area (Å²) in [5.41, 5.74) is 1.03. The Hall–Kier alpha value is -3.67. The largest absolute Gasteiger partial charge is 0.497 e. The van der Waals surface area contributed by atoms with Crippen LogP contribution < -0.4 is 25.6 Å². The van der Waals surface area contributed by atoms with Crippen LogP contribution in [-0.2, 0) is 16.9 Å². The van der Waals surface area contributed by atoms with E-state index in [2.05, 4.69) is 20.9 Å². The van der Waals surface area contributed by atoms with Crippen LogP contribution in [0.1, 0.15) is 21.7 Å². The summed E-state index contributed by atoms with van der Waals surface area (Å²) in [6, 6.07) is 10.8. The number of nitrogens with zero attached hydrogens (tertiary/aromatic N) is 3. The first-order valence-corrected chi connectivity index (χ1v) is 11.6. The predicted octanol–water partition coefficient (Wildman–Crippen LogP) is 0.0926. The zero-order valence-corrected chi connectivity index (χ0v) is 19.2. The minimum atomic E-state index is -1.48. The molecule has 35 heavy (non-hydrogen) atoms. The molecule has 2 unspecified atom stereocenters. The number of rotatable bonds is 5. The van der Waals surface area contributed by atoms with Gasteiger partial charge in [-0.2, -0.15) is 0 Å². The summed E-state index contributed by atoms with van der Waals surface area (Å²) in [7, 11) is 1.55. The molecule has 0 spiro atoms. The molecule has 3 aliphatic heterocycles. The summed E-state index contributed by atoms with van der Waals surface area (Å²) < 4.78 is 11.3. The number of fused-ring (bicyclic) bond motifs is 2. The van der Waals surface area contributed by atoms with Gasteiger partial charge in [-0.1, -0.05) is 6.07 Å².